The molecule has 0 aromatic heterocycles. The zero-order chi connectivity index (χ0) is 11.8. The largest absolute Gasteiger partial charge is 0.396 e. The van der Waals surface area contributed by atoms with Crippen LogP contribution in [0.4, 0.5) is 0 Å². The molecule has 1 N–H and O–H groups in total. The first-order chi connectivity index (χ1) is 7.79. The molecule has 0 radical (unpaired) electrons. The summed E-state index contributed by atoms with van der Waals surface area (Å²) in [4.78, 5) is 2.27. The lowest BCUT2D eigenvalue weighted by Crippen LogP contribution is -2.26. The number of benzene rings is 1. The molecule has 0 amide bonds. The molecule has 0 bridgehead atoms. The Morgan fingerprint density at radius 2 is 2.06 bits per heavy atom. The number of nitrogens with zero attached hydrogens (tertiary/aromatic N) is 1. The van der Waals surface area contributed by atoms with Crippen molar-refractivity contribution in [1.29, 1.82) is 0 Å². The maximum absolute atomic E-state index is 9.13. The fraction of sp³-hybridized carbons (Fsp3) is 0.429. The van der Waals surface area contributed by atoms with E-state index in [0.29, 0.717) is 6.04 Å². The Bertz CT molecular complexity index is 297. The molecule has 0 spiro atoms. The van der Waals surface area contributed by atoms with Crippen molar-refractivity contribution in [3.8, 4) is 0 Å². The highest BCUT2D eigenvalue weighted by Gasteiger charge is 2.15. The Morgan fingerprint density at radius 1 is 1.38 bits per heavy atom. The lowest BCUT2D eigenvalue weighted by Gasteiger charge is -2.27. The van der Waals surface area contributed by atoms with Gasteiger partial charge in [0.15, 0.2) is 0 Å². The molecule has 0 heterocycles. The van der Waals surface area contributed by atoms with E-state index in [4.69, 9.17) is 5.11 Å². The zero-order valence-electron chi connectivity index (χ0n) is 9.97. The van der Waals surface area contributed by atoms with Crippen molar-refractivity contribution in [1.82, 2.24) is 4.90 Å². The molecule has 2 heteroatoms. The van der Waals surface area contributed by atoms with E-state index in [1.54, 1.807) is 0 Å². The topological polar surface area (TPSA) is 23.5 Å². The van der Waals surface area contributed by atoms with Crippen LogP contribution in [0.1, 0.15) is 24.4 Å². The van der Waals surface area contributed by atoms with E-state index in [-0.39, 0.29) is 6.61 Å². The first kappa shape index (κ1) is 12.9. The van der Waals surface area contributed by atoms with E-state index < -0.39 is 0 Å². The maximum atomic E-state index is 9.13. The Hall–Kier alpha value is -1.12. The molecule has 1 rings (SSSR count). The third-order valence-corrected chi connectivity index (χ3v) is 2.80. The van der Waals surface area contributed by atoms with Crippen LogP contribution in [0.3, 0.4) is 0 Å². The fourth-order valence-electron chi connectivity index (χ4n) is 1.89. The molecule has 2 nitrogen and oxygen atoms in total. The molecule has 1 aromatic rings. The molecule has 0 saturated carbocycles. The maximum Gasteiger partial charge on any atom is 0.0449 e. The molecule has 88 valence electrons. The van der Waals surface area contributed by atoms with Crippen molar-refractivity contribution >= 4 is 0 Å². The van der Waals surface area contributed by atoms with Gasteiger partial charge in [0.2, 0.25) is 0 Å². The quantitative estimate of drug-likeness (QED) is 0.713. The van der Waals surface area contributed by atoms with Crippen molar-refractivity contribution in [2.45, 2.75) is 18.9 Å². The third kappa shape index (κ3) is 3.80. The Kier molecular flexibility index (Phi) is 5.83. The van der Waals surface area contributed by atoms with Crippen LogP contribution in [0.25, 0.3) is 0 Å². The van der Waals surface area contributed by atoms with Gasteiger partial charge in [-0.3, -0.25) is 4.90 Å². The van der Waals surface area contributed by atoms with Crippen LogP contribution in [0.15, 0.2) is 43.0 Å². The molecule has 0 aliphatic rings. The second-order valence-electron chi connectivity index (χ2n) is 4.00. The van der Waals surface area contributed by atoms with Crippen molar-refractivity contribution in [3.63, 3.8) is 0 Å². The van der Waals surface area contributed by atoms with Crippen LogP contribution in [0.2, 0.25) is 0 Å². The highest BCUT2D eigenvalue weighted by atomic mass is 16.3. The summed E-state index contributed by atoms with van der Waals surface area (Å²) in [7, 11) is 2.09. The molecule has 16 heavy (non-hydrogen) atoms. The van der Waals surface area contributed by atoms with Crippen molar-refractivity contribution in [3.05, 3.63) is 48.6 Å². The van der Waals surface area contributed by atoms with E-state index in [1.165, 1.54) is 5.56 Å². The van der Waals surface area contributed by atoms with E-state index in [0.717, 1.165) is 19.4 Å². The summed E-state index contributed by atoms with van der Waals surface area (Å²) < 4.78 is 0. The minimum atomic E-state index is 0.220. The van der Waals surface area contributed by atoms with Gasteiger partial charge in [0.05, 0.1) is 0 Å². The molecule has 0 saturated heterocycles. The molecule has 1 aromatic carbocycles. The first-order valence-electron chi connectivity index (χ1n) is 5.76. The van der Waals surface area contributed by atoms with Crippen LogP contribution < -0.4 is 0 Å². The highest BCUT2D eigenvalue weighted by Crippen LogP contribution is 2.22. The molecule has 0 aliphatic carbocycles. The first-order valence-corrected chi connectivity index (χ1v) is 5.76. The lowest BCUT2D eigenvalue weighted by molar-refractivity contribution is 0.188. The fourth-order valence-corrected chi connectivity index (χ4v) is 1.89. The average molecular weight is 219 g/mol. The van der Waals surface area contributed by atoms with Gasteiger partial charge >= 0.3 is 0 Å². The second-order valence-corrected chi connectivity index (χ2v) is 4.00. The molecule has 0 fully saturated rings. The van der Waals surface area contributed by atoms with Gasteiger partial charge in [0.25, 0.3) is 0 Å². The molecule has 1 atom stereocenters. The van der Waals surface area contributed by atoms with Gasteiger partial charge < -0.3 is 5.11 Å². The lowest BCUT2D eigenvalue weighted by atomic mass is 10.0. The van der Waals surface area contributed by atoms with Gasteiger partial charge in [-0.15, -0.1) is 6.58 Å². The van der Waals surface area contributed by atoms with Crippen LogP contribution in [0.5, 0.6) is 0 Å². The number of aliphatic hydroxyl groups is 1. The summed E-state index contributed by atoms with van der Waals surface area (Å²) in [6, 6.07) is 10.6. The van der Waals surface area contributed by atoms with Crippen LogP contribution in [-0.4, -0.2) is 30.2 Å². The minimum Gasteiger partial charge on any atom is -0.396 e. The summed E-state index contributed by atoms with van der Waals surface area (Å²) >= 11 is 0. The number of hydrogen-bond donors (Lipinski definition) is 1. The van der Waals surface area contributed by atoms with Gasteiger partial charge in [-0.25, -0.2) is 0 Å². The normalized spacial score (nSPS) is 12.7. The van der Waals surface area contributed by atoms with Crippen molar-refractivity contribution < 1.29 is 5.11 Å². The molecular formula is C14H21NO. The van der Waals surface area contributed by atoms with E-state index in [9.17, 15) is 0 Å². The molecular weight excluding hydrogens is 198 g/mol. The summed E-state index contributed by atoms with van der Waals surface area (Å²) in [5.74, 6) is 0. The van der Waals surface area contributed by atoms with E-state index >= 15 is 0 Å². The van der Waals surface area contributed by atoms with E-state index in [1.807, 2.05) is 24.3 Å². The highest BCUT2D eigenvalue weighted by molar-refractivity contribution is 5.18. The smallest absolute Gasteiger partial charge is 0.0449 e. The van der Waals surface area contributed by atoms with E-state index in [2.05, 4.69) is 30.7 Å². The third-order valence-electron chi connectivity index (χ3n) is 2.80. The number of rotatable bonds is 7. The summed E-state index contributed by atoms with van der Waals surface area (Å²) in [5, 5.41) is 9.13. The average Bonchev–Trinajstić information content (AvgIpc) is 2.34. The minimum absolute atomic E-state index is 0.220. The standard InChI is InChI=1S/C14H21NO/c1-3-4-11-15(2)14(10-12-16)13-8-6-5-7-9-13/h3,5-9,14,16H,1,4,10-12H2,2H3. The zero-order valence-corrected chi connectivity index (χ0v) is 9.97. The van der Waals surface area contributed by atoms with Crippen LogP contribution >= 0.6 is 0 Å². The van der Waals surface area contributed by atoms with Gasteiger partial charge in [-0.05, 0) is 25.5 Å². The van der Waals surface area contributed by atoms with Gasteiger partial charge in [-0.1, -0.05) is 36.4 Å². The predicted octanol–water partition coefficient (Wildman–Crippen LogP) is 2.62. The van der Waals surface area contributed by atoms with Gasteiger partial charge in [-0.2, -0.15) is 0 Å². The van der Waals surface area contributed by atoms with Crippen LogP contribution in [0, 0.1) is 0 Å². The molecule has 0 aliphatic heterocycles. The Balaban J connectivity index is 2.70. The second kappa shape index (κ2) is 7.20. The predicted molar refractivity (Wildman–Crippen MR) is 68.3 cm³/mol. The monoisotopic (exact) mass is 219 g/mol. The summed E-state index contributed by atoms with van der Waals surface area (Å²) in [6.45, 7) is 4.93. The Morgan fingerprint density at radius 3 is 2.62 bits per heavy atom. The van der Waals surface area contributed by atoms with Crippen molar-refractivity contribution in [2.75, 3.05) is 20.2 Å². The van der Waals surface area contributed by atoms with Gasteiger partial charge in [0, 0.05) is 19.2 Å². The van der Waals surface area contributed by atoms with Gasteiger partial charge in [0.1, 0.15) is 0 Å². The summed E-state index contributed by atoms with van der Waals surface area (Å²) in [6.07, 6.45) is 3.68. The molecule has 1 unspecified atom stereocenters. The summed E-state index contributed by atoms with van der Waals surface area (Å²) in [5.41, 5.74) is 1.27. The number of aliphatic hydroxyl groups excluding tert-OH is 1. The Labute approximate surface area is 98.2 Å². The van der Waals surface area contributed by atoms with Crippen molar-refractivity contribution in [2.24, 2.45) is 0 Å². The van der Waals surface area contributed by atoms with Crippen LogP contribution in [-0.2, 0) is 0 Å². The number of hydrogen-bond acceptors (Lipinski definition) is 2. The SMILES string of the molecule is C=CCCN(C)C(CCO)c1ccccc1.